The molecule has 0 fully saturated rings. The van der Waals surface area contributed by atoms with Crippen molar-refractivity contribution in [2.75, 3.05) is 11.5 Å². The van der Waals surface area contributed by atoms with Gasteiger partial charge in [0, 0.05) is 17.1 Å². The molecule has 0 aliphatic carbocycles. The summed E-state index contributed by atoms with van der Waals surface area (Å²) >= 11 is 3.75. The first-order valence-corrected chi connectivity index (χ1v) is 9.83. The van der Waals surface area contributed by atoms with Crippen molar-refractivity contribution in [2.45, 2.75) is 4.45 Å². The van der Waals surface area contributed by atoms with Crippen molar-refractivity contribution in [3.05, 3.63) is 108 Å². The number of hydrogen-bond donors (Lipinski definition) is 2. The summed E-state index contributed by atoms with van der Waals surface area (Å²) in [4.78, 5) is 7.07. The molecule has 1 unspecified atom stereocenters. The summed E-state index contributed by atoms with van der Waals surface area (Å²) in [6.07, 6.45) is 5.74. The Bertz CT molecular complexity index is 965. The number of alkyl halides is 1. The molecule has 0 radical (unpaired) electrons. The lowest BCUT2D eigenvalue weighted by Crippen LogP contribution is -2.37. The third-order valence-electron chi connectivity index (χ3n) is 4.50. The maximum Gasteiger partial charge on any atom is 0.155 e. The van der Waals surface area contributed by atoms with E-state index < -0.39 is 4.45 Å². The molecule has 2 aromatic carbocycles. The van der Waals surface area contributed by atoms with Crippen LogP contribution >= 0.6 is 15.9 Å². The zero-order valence-electron chi connectivity index (χ0n) is 15.2. The number of hydrogen-bond acceptors (Lipinski definition) is 4. The minimum absolute atomic E-state index is 0.0580. The fraction of sp³-hybridized carbons (Fsp3) is 0.0870. The summed E-state index contributed by atoms with van der Waals surface area (Å²) in [5.74, 6) is 0.809. The van der Waals surface area contributed by atoms with Gasteiger partial charge in [0.05, 0.1) is 12.3 Å². The normalized spacial score (nSPS) is 18.3. The van der Waals surface area contributed by atoms with Gasteiger partial charge >= 0.3 is 0 Å². The van der Waals surface area contributed by atoms with Gasteiger partial charge in [0.15, 0.2) is 4.45 Å². The maximum atomic E-state index is 9.50. The average molecular weight is 434 g/mol. The minimum atomic E-state index is -0.672. The highest BCUT2D eigenvalue weighted by Gasteiger charge is 2.30. The van der Waals surface area contributed by atoms with Crippen LogP contribution in [0.2, 0.25) is 0 Å². The van der Waals surface area contributed by atoms with Crippen LogP contribution in [0.4, 0.5) is 17.2 Å². The predicted molar refractivity (Wildman–Crippen MR) is 117 cm³/mol. The molecule has 0 spiro atoms. The largest absolute Gasteiger partial charge is 0.390 e. The van der Waals surface area contributed by atoms with E-state index in [-0.39, 0.29) is 6.61 Å². The number of benzene rings is 2. The van der Waals surface area contributed by atoms with Gasteiger partial charge in [-0.25, -0.2) is 4.98 Å². The molecule has 0 amide bonds. The quantitative estimate of drug-likeness (QED) is 0.432. The highest BCUT2D eigenvalue weighted by Crippen LogP contribution is 2.36. The lowest BCUT2D eigenvalue weighted by atomic mass is 10.1. The van der Waals surface area contributed by atoms with E-state index >= 15 is 0 Å². The van der Waals surface area contributed by atoms with Gasteiger partial charge in [0.25, 0.3) is 0 Å². The Hall–Kier alpha value is -2.89. The number of nitrogens with one attached hydrogen (secondary N) is 1. The number of dihydropyridines is 1. The summed E-state index contributed by atoms with van der Waals surface area (Å²) < 4.78 is -0.672. The van der Waals surface area contributed by atoms with Crippen LogP contribution in [-0.4, -0.2) is 16.7 Å². The van der Waals surface area contributed by atoms with Crippen LogP contribution in [0.1, 0.15) is 5.69 Å². The van der Waals surface area contributed by atoms with Crippen LogP contribution in [-0.2, 0) is 4.45 Å². The second kappa shape index (κ2) is 8.00. The first-order chi connectivity index (χ1) is 13.7. The molecular formula is C23H20BrN3O. The topological polar surface area (TPSA) is 48.4 Å². The highest BCUT2D eigenvalue weighted by molar-refractivity contribution is 9.09. The number of rotatable bonds is 5. The molecule has 2 heterocycles. The number of nitrogens with zero attached hydrogens (tertiary/aromatic N) is 2. The van der Waals surface area contributed by atoms with E-state index in [2.05, 4.69) is 50.4 Å². The van der Waals surface area contributed by atoms with Crippen molar-refractivity contribution in [3.8, 4) is 0 Å². The number of aliphatic hydroxyl groups excluding tert-OH is 1. The molecule has 2 N–H and O–H groups in total. The number of para-hydroxylation sites is 2. The zero-order chi connectivity index (χ0) is 19.4. The third-order valence-corrected chi connectivity index (χ3v) is 5.37. The number of allylic oxidation sites excluding steroid dienone is 2. The Labute approximate surface area is 173 Å². The van der Waals surface area contributed by atoms with Crippen molar-refractivity contribution in [2.24, 2.45) is 0 Å². The Morgan fingerprint density at radius 1 is 0.893 bits per heavy atom. The SMILES string of the molecule is OCC1=CC=CC(Br)(c2cccc(N(c3ccccc3)c3ccccc3)n2)N1. The Morgan fingerprint density at radius 2 is 1.54 bits per heavy atom. The van der Waals surface area contributed by atoms with Crippen molar-refractivity contribution < 1.29 is 5.11 Å². The van der Waals surface area contributed by atoms with Crippen LogP contribution in [0, 0.1) is 0 Å². The molecule has 1 aliphatic rings. The van der Waals surface area contributed by atoms with Crippen LogP contribution in [0.25, 0.3) is 0 Å². The monoisotopic (exact) mass is 433 g/mol. The number of pyridine rings is 1. The fourth-order valence-electron chi connectivity index (χ4n) is 3.17. The molecule has 0 saturated heterocycles. The van der Waals surface area contributed by atoms with E-state index in [1.807, 2.05) is 72.8 Å². The molecule has 1 aliphatic heterocycles. The van der Waals surface area contributed by atoms with Gasteiger partial charge in [-0.1, -0.05) is 48.5 Å². The Balaban J connectivity index is 1.78. The standard InChI is InChI=1S/C23H20BrN3O/c24-23(16-8-9-18(17-28)26-23)21-14-7-15-22(25-21)27(19-10-3-1-4-11-19)20-12-5-2-6-13-20/h1-16,26,28H,17H2. The van der Waals surface area contributed by atoms with Gasteiger partial charge < -0.3 is 10.4 Å². The maximum absolute atomic E-state index is 9.50. The van der Waals surface area contributed by atoms with Crippen molar-refractivity contribution in [3.63, 3.8) is 0 Å². The fourth-order valence-corrected chi connectivity index (χ4v) is 3.80. The van der Waals surface area contributed by atoms with E-state index in [0.717, 1.165) is 28.6 Å². The lowest BCUT2D eigenvalue weighted by Gasteiger charge is -2.31. The highest BCUT2D eigenvalue weighted by atomic mass is 79.9. The van der Waals surface area contributed by atoms with Gasteiger partial charge in [0.1, 0.15) is 5.82 Å². The van der Waals surface area contributed by atoms with Crippen molar-refractivity contribution >= 4 is 33.1 Å². The second-order valence-corrected chi connectivity index (χ2v) is 7.68. The van der Waals surface area contributed by atoms with E-state index in [1.54, 1.807) is 0 Å². The summed E-state index contributed by atoms with van der Waals surface area (Å²) in [7, 11) is 0. The molecule has 5 heteroatoms. The first kappa shape index (κ1) is 18.5. The second-order valence-electron chi connectivity index (χ2n) is 6.43. The molecule has 1 aromatic heterocycles. The molecule has 4 rings (SSSR count). The van der Waals surface area contributed by atoms with E-state index in [0.29, 0.717) is 0 Å². The summed E-state index contributed by atoms with van der Waals surface area (Å²) in [5, 5.41) is 12.8. The summed E-state index contributed by atoms with van der Waals surface area (Å²) in [6.45, 7) is -0.0580. The van der Waals surface area contributed by atoms with Crippen LogP contribution in [0.5, 0.6) is 0 Å². The molecule has 140 valence electrons. The lowest BCUT2D eigenvalue weighted by molar-refractivity contribution is 0.316. The van der Waals surface area contributed by atoms with E-state index in [1.165, 1.54) is 0 Å². The number of halogens is 1. The van der Waals surface area contributed by atoms with Crippen LogP contribution in [0.3, 0.4) is 0 Å². The van der Waals surface area contributed by atoms with Crippen LogP contribution < -0.4 is 10.2 Å². The smallest absolute Gasteiger partial charge is 0.155 e. The van der Waals surface area contributed by atoms with Gasteiger partial charge in [-0.3, -0.25) is 4.90 Å². The number of aliphatic hydroxyl groups is 1. The number of anilines is 3. The van der Waals surface area contributed by atoms with Crippen LogP contribution in [0.15, 0.2) is 103 Å². The molecular weight excluding hydrogens is 414 g/mol. The summed E-state index contributed by atoms with van der Waals surface area (Å²) in [5.41, 5.74) is 3.60. The summed E-state index contributed by atoms with van der Waals surface area (Å²) in [6, 6.07) is 26.3. The van der Waals surface area contributed by atoms with E-state index in [9.17, 15) is 5.11 Å². The average Bonchev–Trinajstić information content (AvgIpc) is 2.76. The van der Waals surface area contributed by atoms with Gasteiger partial charge in [-0.05, 0) is 64.5 Å². The van der Waals surface area contributed by atoms with Gasteiger partial charge in [-0.15, -0.1) is 0 Å². The Morgan fingerprint density at radius 3 is 2.14 bits per heavy atom. The van der Waals surface area contributed by atoms with Crippen molar-refractivity contribution in [1.29, 1.82) is 0 Å². The van der Waals surface area contributed by atoms with Gasteiger partial charge in [-0.2, -0.15) is 0 Å². The molecule has 3 aromatic rings. The van der Waals surface area contributed by atoms with E-state index in [4.69, 9.17) is 4.98 Å². The molecule has 0 bridgehead atoms. The number of aromatic nitrogens is 1. The Kier molecular flexibility index (Phi) is 5.28. The zero-order valence-corrected chi connectivity index (χ0v) is 16.8. The predicted octanol–water partition coefficient (Wildman–Crippen LogP) is 5.13. The third kappa shape index (κ3) is 3.72. The molecule has 1 atom stereocenters. The molecule has 28 heavy (non-hydrogen) atoms. The van der Waals surface area contributed by atoms with Gasteiger partial charge in [0.2, 0.25) is 0 Å². The molecule has 0 saturated carbocycles. The molecule has 4 nitrogen and oxygen atoms in total. The van der Waals surface area contributed by atoms with Crippen molar-refractivity contribution in [1.82, 2.24) is 10.3 Å². The first-order valence-electron chi connectivity index (χ1n) is 9.04. The minimum Gasteiger partial charge on any atom is -0.390 e.